The number of hydrogen-bond acceptors (Lipinski definition) is 5. The van der Waals surface area contributed by atoms with Crippen molar-refractivity contribution >= 4 is 30.3 Å². The highest BCUT2D eigenvalue weighted by atomic mass is 16.1. The van der Waals surface area contributed by atoms with Gasteiger partial charge >= 0.3 is 0 Å². The number of rotatable bonds is 7. The van der Waals surface area contributed by atoms with Gasteiger partial charge in [-0.3, -0.25) is 9.59 Å². The molecule has 0 aromatic heterocycles. The first-order valence-corrected chi connectivity index (χ1v) is 12.6. The lowest BCUT2D eigenvalue weighted by Crippen LogP contribution is -2.11. The summed E-state index contributed by atoms with van der Waals surface area (Å²) in [5.74, 6) is 0.664. The third kappa shape index (κ3) is 9.87. The van der Waals surface area contributed by atoms with Crippen LogP contribution in [0.4, 0.5) is 5.69 Å². The highest BCUT2D eigenvalue weighted by Gasteiger charge is 2.11. The van der Waals surface area contributed by atoms with Gasteiger partial charge in [-0.15, -0.1) is 0 Å². The van der Waals surface area contributed by atoms with E-state index in [0.29, 0.717) is 17.8 Å². The number of aldehydes is 1. The number of carbonyl (C=O) groups excluding carboxylic acids is 2. The van der Waals surface area contributed by atoms with Crippen LogP contribution < -0.4 is 11.1 Å². The number of aliphatic imine (C=N–C) groups is 1. The Morgan fingerprint density at radius 3 is 2.20 bits per heavy atom. The number of benzene rings is 2. The number of amides is 1. The summed E-state index contributed by atoms with van der Waals surface area (Å²) in [6.45, 7) is 7.62. The van der Waals surface area contributed by atoms with Crippen LogP contribution in [0.1, 0.15) is 68.3 Å². The summed E-state index contributed by atoms with van der Waals surface area (Å²) in [7, 11) is 2.17. The van der Waals surface area contributed by atoms with Crippen LogP contribution in [0.5, 0.6) is 0 Å². The van der Waals surface area contributed by atoms with Crippen molar-refractivity contribution in [3.05, 3.63) is 59.2 Å². The van der Waals surface area contributed by atoms with Crippen molar-refractivity contribution < 1.29 is 9.59 Å². The third-order valence-electron chi connectivity index (χ3n) is 5.82. The summed E-state index contributed by atoms with van der Waals surface area (Å²) in [5, 5.41) is 2.52. The minimum atomic E-state index is 0.664. The van der Waals surface area contributed by atoms with Crippen LogP contribution in [0.25, 0.3) is 17.2 Å². The zero-order valence-electron chi connectivity index (χ0n) is 21.4. The van der Waals surface area contributed by atoms with Crippen molar-refractivity contribution in [3.8, 4) is 11.1 Å². The molecule has 6 heteroatoms. The van der Waals surface area contributed by atoms with Crippen molar-refractivity contribution in [2.24, 2.45) is 10.7 Å². The van der Waals surface area contributed by atoms with Gasteiger partial charge in [0, 0.05) is 24.1 Å². The number of likely N-dealkylation sites (tertiary alicyclic amines) is 1. The average Bonchev–Trinajstić information content (AvgIpc) is 3.29. The molecule has 4 rings (SSSR count). The first-order valence-electron chi connectivity index (χ1n) is 12.6. The topological polar surface area (TPSA) is 87.8 Å². The number of carbonyl (C=O) groups is 2. The molecular formula is C29H40N4O2. The smallest absolute Gasteiger partial charge is 0.207 e. The fraction of sp³-hybridized carbons (Fsp3) is 0.414. The molecule has 0 atom stereocenters. The normalized spacial score (nSPS) is 14.6. The molecule has 0 unspecified atom stereocenters. The Labute approximate surface area is 210 Å². The van der Waals surface area contributed by atoms with E-state index in [1.54, 1.807) is 0 Å². The zero-order valence-corrected chi connectivity index (χ0v) is 21.4. The maximum absolute atomic E-state index is 10.8. The number of nitrogens with two attached hydrogens (primary N) is 1. The van der Waals surface area contributed by atoms with Crippen LogP contribution in [0.3, 0.4) is 0 Å². The quantitative estimate of drug-likeness (QED) is 0.402. The Morgan fingerprint density at radius 2 is 1.69 bits per heavy atom. The fourth-order valence-electron chi connectivity index (χ4n) is 3.95. The average molecular weight is 477 g/mol. The molecule has 0 spiro atoms. The molecule has 0 bridgehead atoms. The van der Waals surface area contributed by atoms with Crippen LogP contribution in [-0.2, 0) is 4.79 Å². The summed E-state index contributed by atoms with van der Waals surface area (Å²) in [6.07, 6.45) is 10.5. The van der Waals surface area contributed by atoms with Crippen LogP contribution >= 0.6 is 0 Å². The zero-order chi connectivity index (χ0) is 25.5. The third-order valence-corrected chi connectivity index (χ3v) is 5.82. The predicted octanol–water partition coefficient (Wildman–Crippen LogP) is 5.60. The first kappa shape index (κ1) is 28.0. The molecule has 2 aliphatic heterocycles. The van der Waals surface area contributed by atoms with E-state index in [9.17, 15) is 9.59 Å². The minimum Gasteiger partial charge on any atom is -0.387 e. The Morgan fingerprint density at radius 1 is 1.00 bits per heavy atom. The van der Waals surface area contributed by atoms with Gasteiger partial charge < -0.3 is 16.0 Å². The molecular weight excluding hydrogens is 436 g/mol. The monoisotopic (exact) mass is 476 g/mol. The van der Waals surface area contributed by atoms with E-state index in [0.717, 1.165) is 60.9 Å². The SMILES string of the molecule is CCCC1=Cc2ccc(-c3ccc(C=O)cc3)cc2N=C(N)C1.CCCNC=O.CN1CCCC1. The second-order valence-electron chi connectivity index (χ2n) is 8.93. The molecule has 0 aliphatic carbocycles. The van der Waals surface area contributed by atoms with E-state index < -0.39 is 0 Å². The van der Waals surface area contributed by atoms with Gasteiger partial charge in [0.2, 0.25) is 6.41 Å². The largest absolute Gasteiger partial charge is 0.387 e. The molecule has 2 aromatic rings. The van der Waals surface area contributed by atoms with Gasteiger partial charge in [0.15, 0.2) is 0 Å². The lowest BCUT2D eigenvalue weighted by Gasteiger charge is -2.06. The van der Waals surface area contributed by atoms with Crippen molar-refractivity contribution in [2.45, 2.75) is 52.4 Å². The van der Waals surface area contributed by atoms with Crippen molar-refractivity contribution in [3.63, 3.8) is 0 Å². The Kier molecular flexibility index (Phi) is 12.5. The molecule has 0 saturated carbocycles. The molecule has 6 nitrogen and oxygen atoms in total. The molecule has 1 saturated heterocycles. The van der Waals surface area contributed by atoms with Gasteiger partial charge in [0.25, 0.3) is 0 Å². The van der Waals surface area contributed by atoms with Crippen molar-refractivity contribution in [1.29, 1.82) is 0 Å². The summed E-state index contributed by atoms with van der Waals surface area (Å²) in [6, 6.07) is 13.8. The molecule has 2 aliphatic rings. The van der Waals surface area contributed by atoms with E-state index in [-0.39, 0.29) is 0 Å². The molecule has 3 N–H and O–H groups in total. The number of amidine groups is 1. The van der Waals surface area contributed by atoms with Gasteiger partial charge in [-0.1, -0.05) is 68.3 Å². The standard InChI is InChI=1S/C20H20N2O.C5H11N.C4H9NO/c1-2-3-15-10-18-9-8-17(12-19(18)22-20(21)11-15)16-6-4-14(13-23)5-7-16;1-6-4-2-3-5-6;1-2-3-5-4-6/h4-10,12-13H,2-3,11H2,1H3,(H2,21,22);2-5H2,1H3;4H,2-3H2,1H3,(H,5,6). The Balaban J connectivity index is 0.000000296. The fourth-order valence-corrected chi connectivity index (χ4v) is 3.95. The minimum absolute atomic E-state index is 0.664. The van der Waals surface area contributed by atoms with E-state index in [4.69, 9.17) is 5.73 Å². The van der Waals surface area contributed by atoms with Gasteiger partial charge in [0.1, 0.15) is 12.1 Å². The van der Waals surface area contributed by atoms with Gasteiger partial charge in [0.05, 0.1) is 5.69 Å². The first-order chi connectivity index (χ1) is 17.0. The molecule has 188 valence electrons. The van der Waals surface area contributed by atoms with E-state index in [1.807, 2.05) is 31.2 Å². The predicted molar refractivity (Wildman–Crippen MR) is 147 cm³/mol. The maximum Gasteiger partial charge on any atom is 0.207 e. The highest BCUT2D eigenvalue weighted by molar-refractivity contribution is 5.90. The molecule has 0 radical (unpaired) electrons. The number of fused-ring (bicyclic) bond motifs is 1. The molecule has 2 aromatic carbocycles. The summed E-state index contributed by atoms with van der Waals surface area (Å²) in [4.78, 5) is 27.2. The lowest BCUT2D eigenvalue weighted by molar-refractivity contribution is -0.109. The van der Waals surface area contributed by atoms with Crippen LogP contribution in [0.2, 0.25) is 0 Å². The number of nitrogens with zero attached hydrogens (tertiary/aromatic N) is 2. The second kappa shape index (κ2) is 15.6. The number of hydrogen-bond donors (Lipinski definition) is 2. The van der Waals surface area contributed by atoms with Crippen molar-refractivity contribution in [2.75, 3.05) is 26.7 Å². The lowest BCUT2D eigenvalue weighted by atomic mass is 9.99. The van der Waals surface area contributed by atoms with Crippen molar-refractivity contribution in [1.82, 2.24) is 10.2 Å². The molecule has 1 amide bonds. The summed E-state index contributed by atoms with van der Waals surface area (Å²) < 4.78 is 0. The molecule has 35 heavy (non-hydrogen) atoms. The van der Waals surface area contributed by atoms with Gasteiger partial charge in [-0.25, -0.2) is 4.99 Å². The maximum atomic E-state index is 10.8. The van der Waals surface area contributed by atoms with Crippen LogP contribution in [-0.4, -0.2) is 50.1 Å². The summed E-state index contributed by atoms with van der Waals surface area (Å²) >= 11 is 0. The van der Waals surface area contributed by atoms with Crippen LogP contribution in [0, 0.1) is 0 Å². The van der Waals surface area contributed by atoms with Gasteiger partial charge in [-0.2, -0.15) is 0 Å². The molecule has 2 heterocycles. The van der Waals surface area contributed by atoms with Gasteiger partial charge in [-0.05, 0) is 63.0 Å². The second-order valence-corrected chi connectivity index (χ2v) is 8.93. The van der Waals surface area contributed by atoms with Crippen LogP contribution in [0.15, 0.2) is 53.0 Å². The molecule has 1 fully saturated rings. The van der Waals surface area contributed by atoms with E-state index >= 15 is 0 Å². The number of nitrogens with one attached hydrogen (secondary N) is 1. The van der Waals surface area contributed by atoms with E-state index in [1.165, 1.54) is 31.5 Å². The summed E-state index contributed by atoms with van der Waals surface area (Å²) in [5.41, 5.74) is 12.2. The van der Waals surface area contributed by atoms with E-state index in [2.05, 4.69) is 53.5 Å². The Hall–Kier alpha value is -3.25. The highest BCUT2D eigenvalue weighted by Crippen LogP contribution is 2.32. The Bertz CT molecular complexity index is 990.